The standard InChI is InChI=1S/C11H8F3N3O3S/c12-11(13,14)21-7-3-1-6(2-4-7)5-20-9-8(10(18)19)15-17-16-9/h1-4H,5H2,(H,18,19)(H,15,16,17). The van der Waals surface area contributed by atoms with Gasteiger partial charge in [-0.15, -0.1) is 5.10 Å². The zero-order valence-electron chi connectivity index (χ0n) is 10.2. The molecule has 1 aromatic heterocycles. The van der Waals surface area contributed by atoms with Gasteiger partial charge < -0.3 is 9.84 Å². The second kappa shape index (κ2) is 6.04. The number of alkyl halides is 3. The Bertz CT molecular complexity index is 628. The molecular formula is C11H8F3N3O3S. The lowest BCUT2D eigenvalue weighted by Gasteiger charge is -2.07. The number of H-pyrrole nitrogens is 1. The topological polar surface area (TPSA) is 88.1 Å². The number of ether oxygens (including phenoxy) is 1. The largest absolute Gasteiger partial charge is 0.476 e. The van der Waals surface area contributed by atoms with Gasteiger partial charge in [0.1, 0.15) is 6.61 Å². The first-order chi connectivity index (χ1) is 9.85. The van der Waals surface area contributed by atoms with Crippen molar-refractivity contribution < 1.29 is 27.8 Å². The van der Waals surface area contributed by atoms with Gasteiger partial charge in [0.2, 0.25) is 11.6 Å². The summed E-state index contributed by atoms with van der Waals surface area (Å²) in [7, 11) is 0. The fraction of sp³-hybridized carbons (Fsp3) is 0.182. The first-order valence-electron chi connectivity index (χ1n) is 5.47. The van der Waals surface area contributed by atoms with Crippen LogP contribution in [0.4, 0.5) is 13.2 Å². The van der Waals surface area contributed by atoms with Crippen LogP contribution in [0.5, 0.6) is 5.88 Å². The molecule has 0 atom stereocenters. The predicted octanol–water partition coefficient (Wildman–Crippen LogP) is 2.69. The molecule has 0 saturated heterocycles. The van der Waals surface area contributed by atoms with E-state index in [1.165, 1.54) is 24.3 Å². The highest BCUT2D eigenvalue weighted by Gasteiger charge is 2.29. The van der Waals surface area contributed by atoms with E-state index in [1.54, 1.807) is 0 Å². The van der Waals surface area contributed by atoms with E-state index in [0.29, 0.717) is 5.56 Å². The van der Waals surface area contributed by atoms with Crippen LogP contribution in [0.25, 0.3) is 0 Å². The number of rotatable bonds is 5. The van der Waals surface area contributed by atoms with E-state index in [0.717, 1.165) is 0 Å². The molecular weight excluding hydrogens is 311 g/mol. The Morgan fingerprint density at radius 3 is 2.57 bits per heavy atom. The molecule has 6 nitrogen and oxygen atoms in total. The third-order valence-corrected chi connectivity index (χ3v) is 3.00. The number of thioether (sulfide) groups is 1. The molecule has 0 spiro atoms. The van der Waals surface area contributed by atoms with Gasteiger partial charge in [-0.05, 0) is 29.5 Å². The SMILES string of the molecule is O=C(O)c1nn[nH]c1OCc1ccc(SC(F)(F)F)cc1. The van der Waals surface area contributed by atoms with Crippen molar-refractivity contribution in [2.45, 2.75) is 17.0 Å². The van der Waals surface area contributed by atoms with Gasteiger partial charge >= 0.3 is 11.5 Å². The molecule has 21 heavy (non-hydrogen) atoms. The van der Waals surface area contributed by atoms with Crippen LogP contribution < -0.4 is 4.74 Å². The molecule has 0 aliphatic rings. The van der Waals surface area contributed by atoms with Crippen LogP contribution in [0.1, 0.15) is 16.1 Å². The van der Waals surface area contributed by atoms with Gasteiger partial charge in [0.25, 0.3) is 0 Å². The van der Waals surface area contributed by atoms with E-state index in [-0.39, 0.29) is 34.8 Å². The molecule has 2 rings (SSSR count). The minimum absolute atomic E-state index is 0.0267. The van der Waals surface area contributed by atoms with Crippen LogP contribution >= 0.6 is 11.8 Å². The number of aromatic nitrogens is 3. The fourth-order valence-corrected chi connectivity index (χ4v) is 1.94. The smallest absolute Gasteiger partial charge is 0.446 e. The third kappa shape index (κ3) is 4.38. The summed E-state index contributed by atoms with van der Waals surface area (Å²) in [6.45, 7) is -0.0267. The van der Waals surface area contributed by atoms with Gasteiger partial charge in [0.05, 0.1) is 0 Å². The number of nitrogens with zero attached hydrogens (tertiary/aromatic N) is 2. The highest BCUT2D eigenvalue weighted by molar-refractivity contribution is 8.00. The molecule has 0 fully saturated rings. The van der Waals surface area contributed by atoms with Crippen LogP contribution in [0.3, 0.4) is 0 Å². The van der Waals surface area contributed by atoms with Gasteiger partial charge in [-0.1, -0.05) is 17.3 Å². The molecule has 0 bridgehead atoms. The number of aromatic carboxylic acids is 1. The van der Waals surface area contributed by atoms with Crippen LogP contribution in [0.15, 0.2) is 29.2 Å². The minimum Gasteiger partial charge on any atom is -0.476 e. The maximum atomic E-state index is 12.2. The first kappa shape index (κ1) is 15.2. The average Bonchev–Trinajstić information content (AvgIpc) is 2.84. The summed E-state index contributed by atoms with van der Waals surface area (Å²) in [5.41, 5.74) is -4.12. The monoisotopic (exact) mass is 319 g/mol. The number of hydrogen-bond acceptors (Lipinski definition) is 5. The fourth-order valence-electron chi connectivity index (χ4n) is 1.40. The van der Waals surface area contributed by atoms with E-state index in [1.807, 2.05) is 0 Å². The lowest BCUT2D eigenvalue weighted by Crippen LogP contribution is -2.03. The second-order valence-corrected chi connectivity index (χ2v) is 4.91. The molecule has 1 aromatic carbocycles. The van der Waals surface area contributed by atoms with E-state index in [2.05, 4.69) is 15.4 Å². The number of halogens is 3. The predicted molar refractivity (Wildman–Crippen MR) is 66.0 cm³/mol. The number of benzene rings is 1. The number of carbonyl (C=O) groups is 1. The summed E-state index contributed by atoms with van der Waals surface area (Å²) < 4.78 is 41.7. The van der Waals surface area contributed by atoms with Gasteiger partial charge in [-0.2, -0.15) is 13.2 Å². The zero-order valence-corrected chi connectivity index (χ0v) is 11.0. The van der Waals surface area contributed by atoms with E-state index in [9.17, 15) is 18.0 Å². The average molecular weight is 319 g/mol. The molecule has 0 saturated carbocycles. The highest BCUT2D eigenvalue weighted by Crippen LogP contribution is 2.36. The quantitative estimate of drug-likeness (QED) is 0.824. The van der Waals surface area contributed by atoms with Gasteiger partial charge in [0, 0.05) is 4.90 Å². The number of aromatic amines is 1. The Labute approximate surface area is 120 Å². The Balaban J connectivity index is 1.98. The number of hydrogen-bond donors (Lipinski definition) is 2. The van der Waals surface area contributed by atoms with Crippen molar-refractivity contribution in [3.8, 4) is 5.88 Å². The molecule has 10 heteroatoms. The van der Waals surface area contributed by atoms with Crippen molar-refractivity contribution in [3.63, 3.8) is 0 Å². The van der Waals surface area contributed by atoms with Crippen molar-refractivity contribution in [2.75, 3.05) is 0 Å². The maximum absolute atomic E-state index is 12.2. The minimum atomic E-state index is -4.34. The van der Waals surface area contributed by atoms with Crippen LogP contribution in [0.2, 0.25) is 0 Å². The molecule has 2 aromatic rings. The Morgan fingerprint density at radius 1 is 1.33 bits per heavy atom. The summed E-state index contributed by atoms with van der Waals surface area (Å²) in [4.78, 5) is 10.8. The summed E-state index contributed by atoms with van der Waals surface area (Å²) in [6.07, 6.45) is 0. The number of nitrogens with one attached hydrogen (secondary N) is 1. The van der Waals surface area contributed by atoms with Crippen molar-refractivity contribution in [3.05, 3.63) is 35.5 Å². The van der Waals surface area contributed by atoms with Gasteiger partial charge in [0.15, 0.2) is 0 Å². The lowest BCUT2D eigenvalue weighted by molar-refractivity contribution is -0.0328. The Kier molecular flexibility index (Phi) is 4.36. The van der Waals surface area contributed by atoms with Gasteiger partial charge in [-0.3, -0.25) is 0 Å². The van der Waals surface area contributed by atoms with E-state index in [4.69, 9.17) is 9.84 Å². The third-order valence-electron chi connectivity index (χ3n) is 2.26. The highest BCUT2D eigenvalue weighted by atomic mass is 32.2. The number of carboxylic acids is 1. The van der Waals surface area contributed by atoms with E-state index >= 15 is 0 Å². The Hall–Kier alpha value is -2.23. The lowest BCUT2D eigenvalue weighted by atomic mass is 10.2. The first-order valence-corrected chi connectivity index (χ1v) is 6.28. The molecule has 112 valence electrons. The summed E-state index contributed by atoms with van der Waals surface area (Å²) in [5, 5.41) is 17.7. The van der Waals surface area contributed by atoms with E-state index < -0.39 is 11.5 Å². The zero-order chi connectivity index (χ0) is 15.5. The van der Waals surface area contributed by atoms with Crippen LogP contribution in [-0.4, -0.2) is 32.0 Å². The van der Waals surface area contributed by atoms with Gasteiger partial charge in [-0.25, -0.2) is 9.89 Å². The summed E-state index contributed by atoms with van der Waals surface area (Å²) in [5.74, 6) is -1.41. The molecule has 1 heterocycles. The molecule has 0 amide bonds. The van der Waals surface area contributed by atoms with Crippen LogP contribution in [-0.2, 0) is 6.61 Å². The summed E-state index contributed by atoms with van der Waals surface area (Å²) >= 11 is -0.213. The molecule has 2 N–H and O–H groups in total. The van der Waals surface area contributed by atoms with Crippen molar-refractivity contribution in [1.29, 1.82) is 0 Å². The maximum Gasteiger partial charge on any atom is 0.446 e. The van der Waals surface area contributed by atoms with Crippen molar-refractivity contribution in [1.82, 2.24) is 15.4 Å². The normalized spacial score (nSPS) is 11.4. The second-order valence-electron chi connectivity index (χ2n) is 3.78. The molecule has 0 aliphatic carbocycles. The van der Waals surface area contributed by atoms with Crippen molar-refractivity contribution >= 4 is 17.7 Å². The van der Waals surface area contributed by atoms with Crippen LogP contribution in [0, 0.1) is 0 Å². The molecule has 0 aliphatic heterocycles. The van der Waals surface area contributed by atoms with Crippen molar-refractivity contribution in [2.24, 2.45) is 0 Å². The number of carboxylic acid groups (broad SMARTS) is 1. The molecule has 0 unspecified atom stereocenters. The molecule has 0 radical (unpaired) electrons. The summed E-state index contributed by atoms with van der Waals surface area (Å²) in [6, 6.07) is 5.52. The Morgan fingerprint density at radius 2 is 2.00 bits per heavy atom.